The first-order valence-electron chi connectivity index (χ1n) is 36.4. The number of nitrogens with zero attached hydrogens (tertiary/aromatic N) is 15. The normalized spacial score (nSPS) is 11.3. The van der Waals surface area contributed by atoms with E-state index in [2.05, 4.69) is 103 Å². The summed E-state index contributed by atoms with van der Waals surface area (Å²) >= 11 is 6.52. The highest BCUT2D eigenvalue weighted by Gasteiger charge is 2.23. The lowest BCUT2D eigenvalue weighted by atomic mass is 10.1. The van der Waals surface area contributed by atoms with Gasteiger partial charge in [0.05, 0.1) is 78.8 Å². The minimum absolute atomic E-state index is 0.0261. The number of para-hydroxylation sites is 2. The fraction of sp³-hybridized carbons (Fsp3) is 0.273. The summed E-state index contributed by atoms with van der Waals surface area (Å²) in [6.07, 6.45) is 2.65. The summed E-state index contributed by atoms with van der Waals surface area (Å²) in [6, 6.07) is 36.7. The van der Waals surface area contributed by atoms with Crippen LogP contribution in [-0.4, -0.2) is 281 Å². The average Bonchev–Trinajstić information content (AvgIpc) is 1.81. The molecule has 1 fully saturated rings. The maximum atomic E-state index is 11.3. The quantitative estimate of drug-likeness (QED) is 0.00996. The van der Waals surface area contributed by atoms with Crippen LogP contribution in [0.1, 0.15) is 36.0 Å². The number of nitroso groups, excluding NO2 is 1. The third-order valence-corrected chi connectivity index (χ3v) is 21.3. The van der Waals surface area contributed by atoms with Crippen LogP contribution in [0.5, 0.6) is 28.7 Å². The SMILES string of the molecule is C=C(O)c1cccc(-c2nc(SCC(=O)O)n[nH]2)c1.COc1cc(N(C)C)ccc1-c1nc(SCC(=O)O)n[nH]1.COc1ccc(-c2nc(SCC(=O)O)n[nH]2)c(OC)c1C.C[N+](=O)c1cccc(-c2nc(SCC(=O)O)n[nH]2)c1O.Cc1cccc(-c2nc(SCCC(=O)O)n[nH]2)c1.O=C(O)CSc1n[nH]c(-c2ccccc2OCCN2CCCC2)n1. The summed E-state index contributed by atoms with van der Waals surface area (Å²) < 4.78 is 22.5. The van der Waals surface area contributed by atoms with Crippen molar-refractivity contribution in [1.29, 1.82) is 0 Å². The summed E-state index contributed by atoms with van der Waals surface area (Å²) in [5.41, 5.74) is 8.10. The van der Waals surface area contributed by atoms with Gasteiger partial charge in [-0.1, -0.05) is 137 Å². The Morgan fingerprint density at radius 2 is 0.894 bits per heavy atom. The number of anilines is 1. The van der Waals surface area contributed by atoms with Gasteiger partial charge in [0.2, 0.25) is 36.7 Å². The monoisotopic (exact) mass is 1800 g/mol. The van der Waals surface area contributed by atoms with Gasteiger partial charge in [-0.2, -0.15) is 0 Å². The number of nitrogens with one attached hydrogen (secondary N) is 6. The van der Waals surface area contributed by atoms with Gasteiger partial charge in [-0.25, -0.2) is 29.9 Å². The molecule has 0 atom stereocenters. The standard InChI is InChI=1S/C16H20N4O3S.C13H16N4O3S.C13H15N3O4S.C12H11N3O3S.C12H13N3O2S.C11H10N4O4S/c21-14(22)11-24-16-17-15(18-19-16)12-5-1-2-6-13(12)23-10-9-20-7-3-4-8-20;1-17(2)8-4-5-9(10(6-8)20-3)12-14-13(16-15-12)21-7-11(18)19;1-7-9(19-2)5-4-8(11(7)20-3)12-14-13(16-15-12)21-6-10(17)18;1-7(16)8-3-2-4-9(5-8)11-13-12(15-14-11)19-6-10(17)18;1-8-3-2-4-9(7-8)11-13-12(15-14-11)18-6-5-10(16)17;1-15(19)7-4-2-3-6(9(7)18)10-12-11(14-13-10)20-5-8(16)17/h1-2,5-6H,3-4,7-11H2,(H,21,22)(H,17,18,19);4-6H,7H2,1-3H3,(H,18,19)(H,14,15,16);4-5H,6H2,1-3H3,(H,17,18)(H,14,15,16);2-5,16H,1,6H2,(H,17,18)(H,13,14,15);2-4,7H,5-6H2,1H3,(H,16,17)(H,13,14,15);2-4H,5H2,1H3,(H2-,12,13,14,16,17,18,19)/p+1. The van der Waals surface area contributed by atoms with Gasteiger partial charge in [-0.05, 0) is 94.4 Å². The molecule has 0 aliphatic carbocycles. The van der Waals surface area contributed by atoms with Crippen LogP contribution in [0.3, 0.4) is 0 Å². The van der Waals surface area contributed by atoms with E-state index >= 15 is 0 Å². The fourth-order valence-corrected chi connectivity index (χ4v) is 14.0. The number of aliphatic carboxylic acids is 6. The number of likely N-dealkylation sites (tertiary alicyclic amines) is 1. The smallest absolute Gasteiger partial charge is 0.313 e. The predicted molar refractivity (Wildman–Crippen MR) is 463 cm³/mol. The number of aryl methyl sites for hydroxylation is 1. The molecule has 13 rings (SSSR count). The highest BCUT2D eigenvalue weighted by atomic mass is 32.2. The van der Waals surface area contributed by atoms with Crippen LogP contribution in [0, 0.1) is 18.8 Å². The lowest BCUT2D eigenvalue weighted by Gasteiger charge is -2.16. The van der Waals surface area contributed by atoms with Gasteiger partial charge in [0.1, 0.15) is 35.4 Å². The third kappa shape index (κ3) is 30.6. The second-order valence-corrected chi connectivity index (χ2v) is 31.2. The zero-order valence-electron chi connectivity index (χ0n) is 67.2. The van der Waals surface area contributed by atoms with E-state index in [0.717, 1.165) is 135 Å². The maximum absolute atomic E-state index is 11.3. The van der Waals surface area contributed by atoms with E-state index in [4.69, 9.17) is 49.6 Å². The number of H-pyrrole nitrogens is 6. The molecule has 7 heterocycles. The molecule has 1 aliphatic rings. The number of carbonyl (C=O) groups is 6. The number of aromatic nitrogens is 18. The molecule has 1 saturated heterocycles. The highest BCUT2D eigenvalue weighted by Crippen LogP contribution is 2.39. The maximum Gasteiger partial charge on any atom is 0.313 e. The molecule has 0 amide bonds. The number of aliphatic hydroxyl groups is 1. The average molecular weight is 1800 g/mol. The van der Waals surface area contributed by atoms with E-state index in [9.17, 15) is 43.9 Å². The molecule has 1 aliphatic heterocycles. The Labute approximate surface area is 727 Å². The zero-order valence-corrected chi connectivity index (χ0v) is 72.1. The van der Waals surface area contributed by atoms with Crippen LogP contribution >= 0.6 is 70.6 Å². The minimum atomic E-state index is -0.973. The number of phenolic OH excluding ortho intramolecular Hbond substituents is 1. The second kappa shape index (κ2) is 48.4. The topological polar surface area (TPSA) is 577 Å². The highest BCUT2D eigenvalue weighted by molar-refractivity contribution is 8.00. The number of phenols is 1. The molecule has 46 heteroatoms. The molecule has 6 aromatic heterocycles. The van der Waals surface area contributed by atoms with Gasteiger partial charge in [0.15, 0.2) is 42.0 Å². The third-order valence-electron chi connectivity index (χ3n) is 16.3. The molecular weight excluding hydrogens is 1720 g/mol. The number of ether oxygens (including phenoxy) is 4. The Bertz CT molecular complexity index is 5560. The van der Waals surface area contributed by atoms with Crippen molar-refractivity contribution in [3.8, 4) is 97.1 Å². The Hall–Kier alpha value is -13.0. The zero-order chi connectivity index (χ0) is 89.1. The van der Waals surface area contributed by atoms with E-state index in [1.165, 1.54) is 37.7 Å². The molecule has 0 bridgehead atoms. The van der Waals surface area contributed by atoms with Crippen LogP contribution in [0.2, 0.25) is 0 Å². The fourth-order valence-electron chi connectivity index (χ4n) is 10.7. The first-order valence-corrected chi connectivity index (χ1v) is 42.3. The van der Waals surface area contributed by atoms with Crippen LogP contribution in [0.25, 0.3) is 74.1 Å². The van der Waals surface area contributed by atoms with Crippen molar-refractivity contribution < 1.29 is 93.3 Å². The summed E-state index contributed by atoms with van der Waals surface area (Å²) in [7, 11) is 9.92. The molecular formula is C77H86N21O19S6+. The number of aliphatic hydroxyl groups excluding tert-OH is 1. The molecule has 12 aromatic rings. The van der Waals surface area contributed by atoms with Gasteiger partial charge >= 0.3 is 35.8 Å². The second-order valence-electron chi connectivity index (χ2n) is 25.4. The van der Waals surface area contributed by atoms with E-state index < -0.39 is 35.8 Å². The molecule has 123 heavy (non-hydrogen) atoms. The van der Waals surface area contributed by atoms with Gasteiger partial charge in [0, 0.05) is 76.1 Å². The largest absolute Gasteiger partial charge is 0.508 e. The van der Waals surface area contributed by atoms with Crippen LogP contribution in [0.15, 0.2) is 159 Å². The van der Waals surface area contributed by atoms with Crippen molar-refractivity contribution in [3.05, 3.63) is 150 Å². The first-order chi connectivity index (χ1) is 59.0. The number of benzene rings is 6. The lowest BCUT2D eigenvalue weighted by Crippen LogP contribution is -2.25. The van der Waals surface area contributed by atoms with Gasteiger partial charge in [0.25, 0.3) is 5.69 Å². The Morgan fingerprint density at radius 1 is 0.472 bits per heavy atom. The Morgan fingerprint density at radius 3 is 1.35 bits per heavy atom. The van der Waals surface area contributed by atoms with Crippen LogP contribution in [0.4, 0.5) is 11.4 Å². The number of rotatable bonds is 35. The van der Waals surface area contributed by atoms with Crippen molar-refractivity contribution in [1.82, 2.24) is 96.0 Å². The number of carboxylic acid groups (broad SMARTS) is 6. The summed E-state index contributed by atoms with van der Waals surface area (Å²) in [5, 5.41) is 114. The molecule has 40 nitrogen and oxygen atoms in total. The van der Waals surface area contributed by atoms with Crippen molar-refractivity contribution in [3.63, 3.8) is 0 Å². The summed E-state index contributed by atoms with van der Waals surface area (Å²) in [5.74, 6) is 0.254. The number of hydrogen-bond donors (Lipinski definition) is 14. The first kappa shape index (κ1) is 95.5. The summed E-state index contributed by atoms with van der Waals surface area (Å²) in [6.45, 7) is 11.2. The van der Waals surface area contributed by atoms with Crippen LogP contribution < -0.4 is 23.8 Å². The number of carboxylic acids is 6. The van der Waals surface area contributed by atoms with Crippen molar-refractivity contribution in [2.45, 2.75) is 64.0 Å². The molecule has 0 saturated carbocycles. The minimum Gasteiger partial charge on any atom is -0.508 e. The van der Waals surface area contributed by atoms with Crippen molar-refractivity contribution in [2.24, 2.45) is 0 Å². The summed E-state index contributed by atoms with van der Waals surface area (Å²) in [4.78, 5) is 104. The van der Waals surface area contributed by atoms with Crippen molar-refractivity contribution >= 4 is 124 Å². The van der Waals surface area contributed by atoms with E-state index in [1.807, 2.05) is 112 Å². The molecule has 14 N–H and O–H groups in total. The Balaban J connectivity index is 0.000000184. The molecule has 0 radical (unpaired) electrons. The number of aromatic hydroxyl groups is 1. The Kier molecular flexibility index (Phi) is 37.6. The molecule has 0 spiro atoms. The molecule has 648 valence electrons. The van der Waals surface area contributed by atoms with E-state index in [0.29, 0.717) is 94.6 Å². The lowest BCUT2D eigenvalue weighted by molar-refractivity contribution is -0.429. The van der Waals surface area contributed by atoms with E-state index in [1.54, 1.807) is 57.7 Å². The molecule has 0 unspecified atom stereocenters. The number of methoxy groups -OCH3 is 3. The molecule has 6 aromatic carbocycles. The van der Waals surface area contributed by atoms with Crippen LogP contribution in [-0.2, 0) is 28.8 Å². The number of thioether (sulfide) groups is 6. The van der Waals surface area contributed by atoms with E-state index in [-0.39, 0.29) is 63.4 Å². The van der Waals surface area contributed by atoms with Crippen molar-refractivity contribution in [2.75, 3.05) is 108 Å². The van der Waals surface area contributed by atoms with Gasteiger partial charge in [-0.3, -0.25) is 64.3 Å². The van der Waals surface area contributed by atoms with Gasteiger partial charge < -0.3 is 64.7 Å². The predicted octanol–water partition coefficient (Wildman–Crippen LogP) is 11.7. The number of aromatic amines is 6. The number of hydrogen-bond acceptors (Lipinski definition) is 33. The van der Waals surface area contributed by atoms with Gasteiger partial charge in [-0.15, -0.1) is 30.6 Å².